The largest absolute Gasteiger partial charge is 0.458 e. The topological polar surface area (TPSA) is 176 Å². The maximum atomic E-state index is 12.4. The molecular formula is C42H48O14S. The van der Waals surface area contributed by atoms with E-state index in [9.17, 15) is 13.8 Å². The lowest BCUT2D eigenvalue weighted by Crippen LogP contribution is -2.76. The molecule has 12 fully saturated rings. The SMILES string of the molecule is CC(C)[C@]12O[C@H]1[C@@H]1O[C@]13[C@]1(O[C@H]1C[C@H]1C4=C(CC[C@@]13C)C(=O)OC4)[C@@]21CO1.CC(C)[C@]12O[C@H]1[C@@H]1O[C@]13[C@]1(O[C@H]1C[C@H]1C4=C(CC[C@@]13C)C(=O)OC4)[C@]21COS(=O)O1. The van der Waals surface area contributed by atoms with Crippen LogP contribution in [-0.4, -0.2) is 124 Å². The molecule has 1 unspecified atom stereocenters. The molecule has 0 aromatic rings. The standard InChI is InChI=1S/C21H24O8S.C21H24O6/c1-9(2)19-14(27-19)15-21(28-15)17(3)5-4-10-11(7-24-16(10)22)12(17)6-13-20(21,26-13)18(19)8-25-30(23)29-18;1-9(2)19-14(26-19)15-21(27-15)17(3)5-4-10-11(7-23-16(10)22)12(17)6-13-20(21,25-13)18(19)8-24-18/h9,12-15H,4-8H2,1-3H3;9,12-15H,4-8H2,1-3H3/t12-,13-,14-,15-,17-,18-,19-,20+,21+,30?;12-,13-,14-,15-,17-,18+,19-,20+,21+/m00/s1. The van der Waals surface area contributed by atoms with Gasteiger partial charge in [0, 0.05) is 22.0 Å². The second kappa shape index (κ2) is 9.05. The molecular weight excluding hydrogens is 761 g/mol. The zero-order chi connectivity index (χ0) is 38.7. The maximum Gasteiger partial charge on any atom is 0.334 e. The van der Waals surface area contributed by atoms with E-state index in [2.05, 4.69) is 41.5 Å². The molecule has 14 nitrogen and oxygen atoms in total. The van der Waals surface area contributed by atoms with E-state index >= 15 is 0 Å². The van der Waals surface area contributed by atoms with Crippen molar-refractivity contribution in [3.63, 3.8) is 0 Å². The number of carbonyl (C=O) groups excluding carboxylic acids is 2. The van der Waals surface area contributed by atoms with Crippen molar-refractivity contribution in [1.29, 1.82) is 0 Å². The summed E-state index contributed by atoms with van der Waals surface area (Å²) in [4.78, 5) is 24.4. The first-order valence-corrected chi connectivity index (χ1v) is 22.4. The third-order valence-electron chi connectivity index (χ3n) is 19.7. The van der Waals surface area contributed by atoms with E-state index in [-0.39, 0.29) is 100 Å². The van der Waals surface area contributed by atoms with Crippen molar-refractivity contribution >= 4 is 23.3 Å². The van der Waals surface area contributed by atoms with Gasteiger partial charge in [0.05, 0.1) is 18.8 Å². The summed E-state index contributed by atoms with van der Waals surface area (Å²) in [6.07, 6.45) is 4.97. The lowest BCUT2D eigenvalue weighted by molar-refractivity contribution is -0.142. The molecule has 6 spiro atoms. The molecule has 4 saturated carbocycles. The summed E-state index contributed by atoms with van der Waals surface area (Å²) in [6.45, 7) is 15.1. The molecule has 0 bridgehead atoms. The maximum absolute atomic E-state index is 12.4. The van der Waals surface area contributed by atoms with Crippen LogP contribution in [0.15, 0.2) is 22.3 Å². The fourth-order valence-corrected chi connectivity index (χ4v) is 18.1. The van der Waals surface area contributed by atoms with Crippen LogP contribution < -0.4 is 0 Å². The predicted molar refractivity (Wildman–Crippen MR) is 189 cm³/mol. The summed E-state index contributed by atoms with van der Waals surface area (Å²) in [6, 6.07) is 0. The van der Waals surface area contributed by atoms with E-state index in [1.807, 2.05) is 0 Å². The molecule has 57 heavy (non-hydrogen) atoms. The van der Waals surface area contributed by atoms with Gasteiger partial charge in [-0.1, -0.05) is 41.5 Å². The Hall–Kier alpha value is -1.79. The minimum Gasteiger partial charge on any atom is -0.458 e. The van der Waals surface area contributed by atoms with Gasteiger partial charge >= 0.3 is 23.3 Å². The van der Waals surface area contributed by atoms with E-state index in [1.54, 1.807) is 0 Å². The van der Waals surface area contributed by atoms with Gasteiger partial charge in [0.15, 0.2) is 22.4 Å². The summed E-state index contributed by atoms with van der Waals surface area (Å²) in [5, 5.41) is 0. The highest BCUT2D eigenvalue weighted by molar-refractivity contribution is 7.75. The van der Waals surface area contributed by atoms with Crippen LogP contribution in [-0.2, 0) is 71.9 Å². The lowest BCUT2D eigenvalue weighted by atomic mass is 9.44. The number of esters is 2. The first-order valence-electron chi connectivity index (χ1n) is 21.4. The highest BCUT2D eigenvalue weighted by atomic mass is 32.2. The van der Waals surface area contributed by atoms with Gasteiger partial charge in [0.25, 0.3) is 0 Å². The van der Waals surface area contributed by atoms with Crippen LogP contribution in [0.3, 0.4) is 0 Å². The molecule has 10 aliphatic heterocycles. The summed E-state index contributed by atoms with van der Waals surface area (Å²) in [5.41, 5.74) is -0.388. The summed E-state index contributed by atoms with van der Waals surface area (Å²) in [5.74, 6) is 0.682. The quantitative estimate of drug-likeness (QED) is 0.294. The zero-order valence-corrected chi connectivity index (χ0v) is 33.8. The monoisotopic (exact) mass is 808 g/mol. The normalized spacial score (nSPS) is 64.5. The van der Waals surface area contributed by atoms with E-state index < -0.39 is 33.8 Å². The van der Waals surface area contributed by atoms with Crippen molar-refractivity contribution < 1.29 is 64.8 Å². The second-order valence-electron chi connectivity index (χ2n) is 21.3. The highest BCUT2D eigenvalue weighted by Crippen LogP contribution is 2.89. The molecule has 0 radical (unpaired) electrons. The molecule has 0 amide bonds. The molecule has 15 heteroatoms. The van der Waals surface area contributed by atoms with Crippen LogP contribution in [0.4, 0.5) is 0 Å². The van der Waals surface area contributed by atoms with Crippen LogP contribution in [0.25, 0.3) is 0 Å². The Balaban J connectivity index is 0.000000111. The molecule has 8 saturated heterocycles. The Bertz CT molecular complexity index is 2200. The highest BCUT2D eigenvalue weighted by Gasteiger charge is 3.08. The Morgan fingerprint density at radius 1 is 0.614 bits per heavy atom. The van der Waals surface area contributed by atoms with Gasteiger partial charge in [0.1, 0.15) is 66.6 Å². The Morgan fingerprint density at radius 3 is 1.53 bits per heavy atom. The van der Waals surface area contributed by atoms with Crippen LogP contribution >= 0.6 is 0 Å². The summed E-state index contributed by atoms with van der Waals surface area (Å²) >= 11 is -1.83. The van der Waals surface area contributed by atoms with Crippen molar-refractivity contribution in [2.75, 3.05) is 26.4 Å². The molecule has 19 atom stereocenters. The van der Waals surface area contributed by atoms with Gasteiger partial charge in [0.2, 0.25) is 0 Å². The lowest BCUT2D eigenvalue weighted by Gasteiger charge is -2.56. The number of ether oxygens (including phenoxy) is 9. The van der Waals surface area contributed by atoms with Crippen molar-refractivity contribution in [1.82, 2.24) is 0 Å². The first-order chi connectivity index (χ1) is 27.2. The van der Waals surface area contributed by atoms with Gasteiger partial charge in [-0.05, 0) is 73.3 Å². The van der Waals surface area contributed by atoms with E-state index in [0.29, 0.717) is 38.1 Å². The third-order valence-corrected chi connectivity index (χ3v) is 20.5. The number of carbonyl (C=O) groups is 2. The molecule has 0 aromatic carbocycles. The van der Waals surface area contributed by atoms with Gasteiger partial charge < -0.3 is 42.6 Å². The van der Waals surface area contributed by atoms with Crippen LogP contribution in [0.1, 0.15) is 80.1 Å². The number of hydrogen-bond acceptors (Lipinski definition) is 14. The third kappa shape index (κ3) is 2.89. The number of cyclic esters (lactones) is 2. The number of rotatable bonds is 2. The van der Waals surface area contributed by atoms with Gasteiger partial charge in [-0.3, -0.25) is 8.37 Å². The van der Waals surface area contributed by atoms with E-state index in [4.69, 9.17) is 51.0 Å². The van der Waals surface area contributed by atoms with Crippen molar-refractivity contribution in [2.45, 2.75) is 161 Å². The minimum atomic E-state index is -1.83. The predicted octanol–water partition coefficient (Wildman–Crippen LogP) is 2.62. The molecule has 16 aliphatic rings. The van der Waals surface area contributed by atoms with Crippen LogP contribution in [0.5, 0.6) is 0 Å². The van der Waals surface area contributed by atoms with Gasteiger partial charge in [-0.25, -0.2) is 9.59 Å². The average Bonchev–Trinajstić information content (AvgIpc) is 3.94. The number of fused-ring (bicyclic) bond motifs is 10. The van der Waals surface area contributed by atoms with Crippen LogP contribution in [0.2, 0.25) is 0 Å². The van der Waals surface area contributed by atoms with E-state index in [0.717, 1.165) is 48.8 Å². The van der Waals surface area contributed by atoms with Gasteiger partial charge in [-0.2, -0.15) is 4.21 Å². The smallest absolute Gasteiger partial charge is 0.334 e. The van der Waals surface area contributed by atoms with E-state index in [1.165, 1.54) is 5.57 Å². The molecule has 306 valence electrons. The number of epoxide rings is 7. The van der Waals surface area contributed by atoms with Gasteiger partial charge in [-0.15, -0.1) is 0 Å². The molecule has 0 N–H and O–H groups in total. The van der Waals surface area contributed by atoms with Crippen molar-refractivity contribution in [2.24, 2.45) is 34.5 Å². The Kier molecular flexibility index (Phi) is 5.38. The molecule has 0 aromatic heterocycles. The molecule has 6 aliphatic carbocycles. The Labute approximate surface area is 332 Å². The molecule has 10 heterocycles. The molecule has 16 rings (SSSR count). The Morgan fingerprint density at radius 2 is 1.09 bits per heavy atom. The minimum absolute atomic E-state index is 0.0640. The number of hydrogen-bond donors (Lipinski definition) is 0. The van der Waals surface area contributed by atoms with Crippen molar-refractivity contribution in [3.05, 3.63) is 22.3 Å². The average molecular weight is 809 g/mol. The first kappa shape index (κ1) is 33.9. The van der Waals surface area contributed by atoms with Crippen LogP contribution in [0, 0.1) is 34.5 Å². The summed E-state index contributed by atoms with van der Waals surface area (Å²) < 4.78 is 80.7. The fraction of sp³-hybridized carbons (Fsp3) is 0.857. The van der Waals surface area contributed by atoms with Crippen molar-refractivity contribution in [3.8, 4) is 0 Å². The second-order valence-corrected chi connectivity index (χ2v) is 22.1. The fourth-order valence-electron chi connectivity index (χ4n) is 17.2. The summed E-state index contributed by atoms with van der Waals surface area (Å²) in [7, 11) is 0. The zero-order valence-electron chi connectivity index (χ0n) is 33.0.